The minimum absolute atomic E-state index is 0.0570. The van der Waals surface area contributed by atoms with Gasteiger partial charge in [-0.3, -0.25) is 14.3 Å². The molecule has 1 aromatic carbocycles. The lowest BCUT2D eigenvalue weighted by Gasteiger charge is -2.02. The Morgan fingerprint density at radius 1 is 1.26 bits per heavy atom. The predicted octanol–water partition coefficient (Wildman–Crippen LogP) is 2.43. The summed E-state index contributed by atoms with van der Waals surface area (Å²) in [6.45, 7) is 1.73. The Bertz CT molecular complexity index is 1060. The van der Waals surface area contributed by atoms with Crippen LogP contribution >= 0.6 is 22.9 Å². The largest absolute Gasteiger partial charge is 0.364 e. The van der Waals surface area contributed by atoms with Gasteiger partial charge in [-0.05, 0) is 30.7 Å². The third kappa shape index (κ3) is 3.69. The molecule has 2 aromatic heterocycles. The number of rotatable bonds is 5. The van der Waals surface area contributed by atoms with Crippen LogP contribution < -0.4 is 11.5 Å². The number of halogens is 2. The van der Waals surface area contributed by atoms with E-state index in [1.54, 1.807) is 13.0 Å². The molecule has 0 fully saturated rings. The molecule has 0 aliphatic heterocycles. The van der Waals surface area contributed by atoms with Gasteiger partial charge in [0.25, 0.3) is 11.8 Å². The number of carbonyl (C=O) groups is 2. The van der Waals surface area contributed by atoms with Crippen molar-refractivity contribution >= 4 is 34.8 Å². The van der Waals surface area contributed by atoms with Gasteiger partial charge < -0.3 is 11.5 Å². The number of nitrogens with two attached hydrogens (primary N) is 2. The number of carbonyl (C=O) groups excluding carboxylic acids is 2. The topological polar surface area (TPSA) is 117 Å². The first kappa shape index (κ1) is 19.0. The average molecular weight is 408 g/mol. The fourth-order valence-corrected chi connectivity index (χ4v) is 4.23. The highest BCUT2D eigenvalue weighted by Gasteiger charge is 2.27. The van der Waals surface area contributed by atoms with E-state index in [1.165, 1.54) is 35.2 Å². The number of thiazole rings is 1. The molecule has 0 saturated heterocycles. The lowest BCUT2D eigenvalue weighted by molar-refractivity contribution is 0.0985. The number of amides is 2. The maximum Gasteiger partial charge on any atom is 0.269 e. The second-order valence-electron chi connectivity index (χ2n) is 5.90. The third-order valence-electron chi connectivity index (χ3n) is 3.86. The van der Waals surface area contributed by atoms with E-state index >= 15 is 0 Å². The molecular formula is C17H15ClFN5O2S. The van der Waals surface area contributed by atoms with Crippen LogP contribution in [-0.4, -0.2) is 26.6 Å². The monoisotopic (exact) mass is 407 g/mol. The van der Waals surface area contributed by atoms with Crippen LogP contribution in [0.25, 0.3) is 10.4 Å². The Labute approximate surface area is 162 Å². The number of benzene rings is 1. The number of hydrogen-bond acceptors (Lipinski definition) is 5. The summed E-state index contributed by atoms with van der Waals surface area (Å²) >= 11 is 7.14. The van der Waals surface area contributed by atoms with Gasteiger partial charge in [0.1, 0.15) is 11.5 Å². The minimum atomic E-state index is -0.778. The molecule has 10 heteroatoms. The second kappa shape index (κ2) is 7.09. The molecule has 4 N–H and O–H groups in total. The molecule has 7 nitrogen and oxygen atoms in total. The zero-order valence-electron chi connectivity index (χ0n) is 14.4. The van der Waals surface area contributed by atoms with Crippen molar-refractivity contribution in [2.75, 3.05) is 0 Å². The van der Waals surface area contributed by atoms with Crippen molar-refractivity contribution in [3.8, 4) is 10.4 Å². The van der Waals surface area contributed by atoms with Crippen molar-refractivity contribution in [1.82, 2.24) is 14.8 Å². The fraction of sp³-hybridized carbons (Fsp3) is 0.176. The highest BCUT2D eigenvalue weighted by Crippen LogP contribution is 2.35. The maximum atomic E-state index is 13.6. The van der Waals surface area contributed by atoms with E-state index in [0.29, 0.717) is 27.6 Å². The summed E-state index contributed by atoms with van der Waals surface area (Å²) in [5, 5.41) is 4.96. The summed E-state index contributed by atoms with van der Waals surface area (Å²) in [5.74, 6) is -1.96. The van der Waals surface area contributed by atoms with Gasteiger partial charge >= 0.3 is 0 Å². The molecule has 3 aromatic rings. The molecule has 0 atom stereocenters. The molecule has 0 spiro atoms. The van der Waals surface area contributed by atoms with E-state index in [-0.39, 0.29) is 22.0 Å². The van der Waals surface area contributed by atoms with Crippen LogP contribution in [0.1, 0.15) is 37.2 Å². The summed E-state index contributed by atoms with van der Waals surface area (Å²) in [6, 6.07) is 4.24. The van der Waals surface area contributed by atoms with Crippen molar-refractivity contribution in [1.29, 1.82) is 0 Å². The Kier molecular flexibility index (Phi) is 4.99. The molecule has 0 aliphatic carbocycles. The van der Waals surface area contributed by atoms with Gasteiger partial charge in [-0.1, -0.05) is 11.6 Å². The van der Waals surface area contributed by atoms with E-state index in [4.69, 9.17) is 23.1 Å². The van der Waals surface area contributed by atoms with Crippen LogP contribution in [0.4, 0.5) is 4.39 Å². The number of primary amides is 2. The van der Waals surface area contributed by atoms with Crippen LogP contribution in [0.5, 0.6) is 0 Å². The summed E-state index contributed by atoms with van der Waals surface area (Å²) in [4.78, 5) is 28.7. The number of aromatic nitrogens is 3. The van der Waals surface area contributed by atoms with Gasteiger partial charge in [-0.25, -0.2) is 9.37 Å². The SMILES string of the molecule is Cc1nc(Cc2cc(F)cc(Cl)c2)sc1-c1c(C(N)=O)nn(C)c1C(N)=O. The van der Waals surface area contributed by atoms with E-state index in [0.717, 1.165) is 0 Å². The minimum Gasteiger partial charge on any atom is -0.364 e. The van der Waals surface area contributed by atoms with Gasteiger partial charge in [0, 0.05) is 18.5 Å². The fourth-order valence-electron chi connectivity index (χ4n) is 2.84. The predicted molar refractivity (Wildman–Crippen MR) is 100 cm³/mol. The molecule has 3 rings (SSSR count). The first-order valence-electron chi connectivity index (χ1n) is 7.75. The van der Waals surface area contributed by atoms with E-state index in [2.05, 4.69) is 10.1 Å². The van der Waals surface area contributed by atoms with Crippen LogP contribution in [0.2, 0.25) is 5.02 Å². The van der Waals surface area contributed by atoms with E-state index in [1.807, 2.05) is 0 Å². The molecular weight excluding hydrogens is 393 g/mol. The number of hydrogen-bond donors (Lipinski definition) is 2. The summed E-state index contributed by atoms with van der Waals surface area (Å²) in [5.41, 5.74) is 12.4. The van der Waals surface area contributed by atoms with Gasteiger partial charge in [0.15, 0.2) is 5.69 Å². The number of nitrogens with zero attached hydrogens (tertiary/aromatic N) is 3. The molecule has 0 unspecified atom stereocenters. The average Bonchev–Trinajstić information content (AvgIpc) is 3.05. The van der Waals surface area contributed by atoms with Crippen LogP contribution in [0.15, 0.2) is 18.2 Å². The van der Waals surface area contributed by atoms with Gasteiger partial charge in [0.05, 0.1) is 21.1 Å². The lowest BCUT2D eigenvalue weighted by atomic mass is 10.1. The smallest absolute Gasteiger partial charge is 0.269 e. The van der Waals surface area contributed by atoms with Crippen molar-refractivity contribution in [3.05, 3.63) is 56.7 Å². The zero-order chi connectivity index (χ0) is 19.9. The van der Waals surface area contributed by atoms with E-state index in [9.17, 15) is 14.0 Å². The Morgan fingerprint density at radius 3 is 2.56 bits per heavy atom. The standard InChI is InChI=1S/C17H15ClFN5O2S/c1-7-15(12-13(16(20)25)23-24(2)14(12)17(21)26)27-11(22-7)5-8-3-9(18)6-10(19)4-8/h3-4,6H,5H2,1-2H3,(H2,20,25)(H2,21,26). The first-order chi connectivity index (χ1) is 12.7. The second-order valence-corrected chi connectivity index (χ2v) is 7.42. The van der Waals surface area contributed by atoms with Crippen LogP contribution in [-0.2, 0) is 13.5 Å². The van der Waals surface area contributed by atoms with Crippen molar-refractivity contribution in [2.45, 2.75) is 13.3 Å². The molecule has 2 amide bonds. The van der Waals surface area contributed by atoms with Crippen molar-refractivity contribution in [2.24, 2.45) is 18.5 Å². The van der Waals surface area contributed by atoms with Crippen molar-refractivity contribution in [3.63, 3.8) is 0 Å². The van der Waals surface area contributed by atoms with Crippen LogP contribution in [0, 0.1) is 12.7 Å². The van der Waals surface area contributed by atoms with Crippen molar-refractivity contribution < 1.29 is 14.0 Å². The molecule has 2 heterocycles. The molecule has 140 valence electrons. The van der Waals surface area contributed by atoms with Gasteiger partial charge in [-0.2, -0.15) is 5.10 Å². The van der Waals surface area contributed by atoms with Gasteiger partial charge in [0.2, 0.25) is 0 Å². The highest BCUT2D eigenvalue weighted by atomic mass is 35.5. The van der Waals surface area contributed by atoms with Gasteiger partial charge in [-0.15, -0.1) is 11.3 Å². The molecule has 0 aliphatic rings. The van der Waals surface area contributed by atoms with Crippen LogP contribution in [0.3, 0.4) is 0 Å². The molecule has 27 heavy (non-hydrogen) atoms. The maximum absolute atomic E-state index is 13.6. The Balaban J connectivity index is 2.10. The summed E-state index contributed by atoms with van der Waals surface area (Å²) in [7, 11) is 1.50. The number of aryl methyl sites for hydroxylation is 2. The molecule has 0 bridgehead atoms. The lowest BCUT2D eigenvalue weighted by Crippen LogP contribution is -2.17. The summed E-state index contributed by atoms with van der Waals surface area (Å²) < 4.78 is 14.8. The zero-order valence-corrected chi connectivity index (χ0v) is 16.0. The molecule has 0 saturated carbocycles. The molecule has 0 radical (unpaired) electrons. The normalized spacial score (nSPS) is 11.0. The first-order valence-corrected chi connectivity index (χ1v) is 8.95. The highest BCUT2D eigenvalue weighted by molar-refractivity contribution is 7.15. The van der Waals surface area contributed by atoms with E-state index < -0.39 is 17.6 Å². The Morgan fingerprint density at radius 2 is 1.96 bits per heavy atom. The Hall–Kier alpha value is -2.78. The summed E-state index contributed by atoms with van der Waals surface area (Å²) in [6.07, 6.45) is 0.334. The quantitative estimate of drug-likeness (QED) is 0.675. The third-order valence-corrected chi connectivity index (χ3v) is 5.25.